The number of aryl methyl sites for hydroxylation is 2. The van der Waals surface area contributed by atoms with Crippen LogP contribution in [-0.2, 0) is 6.42 Å². The molecule has 0 amide bonds. The van der Waals surface area contributed by atoms with Crippen LogP contribution >= 0.6 is 15.9 Å². The van der Waals surface area contributed by atoms with Crippen molar-refractivity contribution in [1.29, 1.82) is 0 Å². The maximum absolute atomic E-state index is 5.94. The minimum atomic E-state index is -0.0354. The first-order valence-electron chi connectivity index (χ1n) is 8.86. The molecule has 1 aromatic carbocycles. The Hall–Kier alpha value is -2.02. The standard InChI is InChI=1S/C19H27BrN4O2/c1-5-21-19(22-11-10-16-14(3)24-26-15(16)4)23-12-13(2)25-18-9-7-6-8-17(18)20/h6-9,13H,5,10-12H2,1-4H3,(H2,21,22,23). The van der Waals surface area contributed by atoms with Gasteiger partial charge in [0.1, 0.15) is 17.6 Å². The highest BCUT2D eigenvalue weighted by molar-refractivity contribution is 9.10. The summed E-state index contributed by atoms with van der Waals surface area (Å²) in [6, 6.07) is 7.82. The molecule has 1 aromatic heterocycles. The molecule has 2 aromatic rings. The summed E-state index contributed by atoms with van der Waals surface area (Å²) >= 11 is 3.50. The second kappa shape index (κ2) is 10.2. The van der Waals surface area contributed by atoms with Crippen LogP contribution in [0, 0.1) is 13.8 Å². The number of guanidine groups is 1. The monoisotopic (exact) mass is 422 g/mol. The molecule has 0 aliphatic heterocycles. The number of hydrogen-bond acceptors (Lipinski definition) is 4. The Morgan fingerprint density at radius 3 is 2.73 bits per heavy atom. The molecule has 2 N–H and O–H groups in total. The number of benzene rings is 1. The molecular weight excluding hydrogens is 396 g/mol. The van der Waals surface area contributed by atoms with Crippen molar-refractivity contribution in [3.8, 4) is 5.75 Å². The zero-order valence-electron chi connectivity index (χ0n) is 15.8. The van der Waals surface area contributed by atoms with Crippen molar-refractivity contribution in [2.75, 3.05) is 19.6 Å². The third-order valence-corrected chi connectivity index (χ3v) is 4.52. The summed E-state index contributed by atoms with van der Waals surface area (Å²) in [6.07, 6.45) is 0.806. The molecule has 1 heterocycles. The molecule has 0 bridgehead atoms. The first kappa shape index (κ1) is 20.3. The Balaban J connectivity index is 1.86. The van der Waals surface area contributed by atoms with Gasteiger partial charge in [-0.2, -0.15) is 0 Å². The van der Waals surface area contributed by atoms with E-state index in [4.69, 9.17) is 9.26 Å². The largest absolute Gasteiger partial charge is 0.488 e. The fourth-order valence-electron chi connectivity index (χ4n) is 2.52. The summed E-state index contributed by atoms with van der Waals surface area (Å²) in [4.78, 5) is 4.62. The van der Waals surface area contributed by atoms with Crippen LogP contribution in [-0.4, -0.2) is 36.9 Å². The predicted octanol–water partition coefficient (Wildman–Crippen LogP) is 3.62. The smallest absolute Gasteiger partial charge is 0.191 e. The van der Waals surface area contributed by atoms with E-state index in [0.29, 0.717) is 6.54 Å². The summed E-state index contributed by atoms with van der Waals surface area (Å²) in [5, 5.41) is 10.6. The van der Waals surface area contributed by atoms with E-state index in [1.807, 2.05) is 52.0 Å². The van der Waals surface area contributed by atoms with E-state index < -0.39 is 0 Å². The van der Waals surface area contributed by atoms with Crippen LogP contribution in [0.5, 0.6) is 5.75 Å². The summed E-state index contributed by atoms with van der Waals surface area (Å²) in [7, 11) is 0. The quantitative estimate of drug-likeness (QED) is 0.501. The van der Waals surface area contributed by atoms with Crippen molar-refractivity contribution in [3.05, 3.63) is 45.8 Å². The summed E-state index contributed by atoms with van der Waals surface area (Å²) < 4.78 is 12.1. The molecule has 26 heavy (non-hydrogen) atoms. The van der Waals surface area contributed by atoms with Gasteiger partial charge in [-0.15, -0.1) is 0 Å². The normalized spacial score (nSPS) is 12.7. The first-order chi connectivity index (χ1) is 12.5. The Kier molecular flexibility index (Phi) is 7.97. The number of halogens is 1. The highest BCUT2D eigenvalue weighted by atomic mass is 79.9. The predicted molar refractivity (Wildman–Crippen MR) is 108 cm³/mol. The summed E-state index contributed by atoms with van der Waals surface area (Å²) in [5.74, 6) is 2.48. The number of rotatable bonds is 8. The maximum atomic E-state index is 5.94. The van der Waals surface area contributed by atoms with Gasteiger partial charge in [0, 0.05) is 18.7 Å². The number of aromatic nitrogens is 1. The van der Waals surface area contributed by atoms with Crippen molar-refractivity contribution < 1.29 is 9.26 Å². The van der Waals surface area contributed by atoms with Gasteiger partial charge in [-0.3, -0.25) is 0 Å². The van der Waals surface area contributed by atoms with Gasteiger partial charge < -0.3 is 19.9 Å². The summed E-state index contributed by atoms with van der Waals surface area (Å²) in [6.45, 7) is 10.1. The number of para-hydroxylation sites is 1. The second-order valence-electron chi connectivity index (χ2n) is 6.06. The Labute approximate surface area is 163 Å². The average molecular weight is 423 g/mol. The van der Waals surface area contributed by atoms with E-state index >= 15 is 0 Å². The second-order valence-corrected chi connectivity index (χ2v) is 6.91. The molecule has 2 rings (SSSR count). The van der Waals surface area contributed by atoms with Gasteiger partial charge >= 0.3 is 0 Å². The molecule has 0 radical (unpaired) electrons. The molecule has 0 aliphatic carbocycles. The zero-order chi connectivity index (χ0) is 18.9. The molecule has 0 aliphatic rings. The van der Waals surface area contributed by atoms with E-state index in [0.717, 1.165) is 52.7 Å². The van der Waals surface area contributed by atoms with E-state index in [9.17, 15) is 0 Å². The number of nitrogens with zero attached hydrogens (tertiary/aromatic N) is 2. The number of ether oxygens (including phenoxy) is 1. The summed E-state index contributed by atoms with van der Waals surface area (Å²) in [5.41, 5.74) is 2.10. The molecule has 0 saturated carbocycles. The first-order valence-corrected chi connectivity index (χ1v) is 9.65. The van der Waals surface area contributed by atoms with Crippen LogP contribution in [0.25, 0.3) is 0 Å². The number of nitrogens with one attached hydrogen (secondary N) is 2. The fraction of sp³-hybridized carbons (Fsp3) is 0.474. The van der Waals surface area contributed by atoms with Gasteiger partial charge in [0.25, 0.3) is 0 Å². The lowest BCUT2D eigenvalue weighted by molar-refractivity contribution is 0.228. The lowest BCUT2D eigenvalue weighted by Crippen LogP contribution is -2.39. The van der Waals surface area contributed by atoms with Crippen molar-refractivity contribution in [1.82, 2.24) is 15.8 Å². The third-order valence-electron chi connectivity index (χ3n) is 3.86. The van der Waals surface area contributed by atoms with Crippen molar-refractivity contribution in [3.63, 3.8) is 0 Å². The Morgan fingerprint density at radius 2 is 2.08 bits per heavy atom. The van der Waals surface area contributed by atoms with Gasteiger partial charge in [-0.05, 0) is 62.2 Å². The fourth-order valence-corrected chi connectivity index (χ4v) is 2.90. The molecule has 0 saturated heterocycles. The average Bonchev–Trinajstić information content (AvgIpc) is 2.93. The van der Waals surface area contributed by atoms with Crippen LogP contribution in [0.3, 0.4) is 0 Å². The van der Waals surface area contributed by atoms with Crippen LogP contribution in [0.4, 0.5) is 0 Å². The lowest BCUT2D eigenvalue weighted by Gasteiger charge is -2.16. The maximum Gasteiger partial charge on any atom is 0.191 e. The molecule has 6 nitrogen and oxygen atoms in total. The minimum absolute atomic E-state index is 0.0354. The van der Waals surface area contributed by atoms with Crippen LogP contribution in [0.2, 0.25) is 0 Å². The highest BCUT2D eigenvalue weighted by Crippen LogP contribution is 2.24. The topological polar surface area (TPSA) is 71.7 Å². The van der Waals surface area contributed by atoms with Crippen LogP contribution in [0.1, 0.15) is 30.9 Å². The van der Waals surface area contributed by atoms with E-state index in [1.54, 1.807) is 0 Å². The van der Waals surface area contributed by atoms with E-state index in [1.165, 1.54) is 0 Å². The van der Waals surface area contributed by atoms with Crippen LogP contribution < -0.4 is 15.4 Å². The molecule has 7 heteroatoms. The van der Waals surface area contributed by atoms with Crippen molar-refractivity contribution >= 4 is 21.9 Å². The highest BCUT2D eigenvalue weighted by Gasteiger charge is 2.10. The molecule has 0 fully saturated rings. The SMILES string of the molecule is CCNC(=NCC(C)Oc1ccccc1Br)NCCc1c(C)noc1C. The molecular formula is C19H27BrN4O2. The van der Waals surface area contributed by atoms with Gasteiger partial charge in [0.2, 0.25) is 0 Å². The number of hydrogen-bond donors (Lipinski definition) is 2. The lowest BCUT2D eigenvalue weighted by atomic mass is 10.1. The Morgan fingerprint density at radius 1 is 1.31 bits per heavy atom. The van der Waals surface area contributed by atoms with Crippen LogP contribution in [0.15, 0.2) is 38.3 Å². The van der Waals surface area contributed by atoms with Gasteiger partial charge in [0.05, 0.1) is 16.7 Å². The van der Waals surface area contributed by atoms with Gasteiger partial charge in [0.15, 0.2) is 5.96 Å². The van der Waals surface area contributed by atoms with E-state index in [2.05, 4.69) is 36.7 Å². The minimum Gasteiger partial charge on any atom is -0.488 e. The van der Waals surface area contributed by atoms with Crippen molar-refractivity contribution in [2.24, 2.45) is 4.99 Å². The van der Waals surface area contributed by atoms with Gasteiger partial charge in [-0.1, -0.05) is 17.3 Å². The molecule has 0 spiro atoms. The number of aliphatic imine (C=N–C) groups is 1. The zero-order valence-corrected chi connectivity index (χ0v) is 17.4. The van der Waals surface area contributed by atoms with Crippen molar-refractivity contribution in [2.45, 2.75) is 40.2 Å². The Bertz CT molecular complexity index is 711. The molecule has 1 unspecified atom stereocenters. The van der Waals surface area contributed by atoms with E-state index in [-0.39, 0.29) is 6.10 Å². The third kappa shape index (κ3) is 6.05. The molecule has 1 atom stereocenters. The van der Waals surface area contributed by atoms with Gasteiger partial charge in [-0.25, -0.2) is 4.99 Å². The molecule has 142 valence electrons.